The normalized spacial score (nSPS) is 10.1. The second kappa shape index (κ2) is 9.41. The number of amides is 2. The summed E-state index contributed by atoms with van der Waals surface area (Å²) in [7, 11) is 0. The van der Waals surface area contributed by atoms with Crippen molar-refractivity contribution < 1.29 is 14.3 Å². The van der Waals surface area contributed by atoms with Crippen molar-refractivity contribution in [1.82, 2.24) is 5.32 Å². The zero-order chi connectivity index (χ0) is 16.3. The maximum atomic E-state index is 11.7. The predicted molar refractivity (Wildman–Crippen MR) is 88.8 cm³/mol. The molecule has 2 aromatic carbocycles. The fourth-order valence-electron chi connectivity index (χ4n) is 2.19. The van der Waals surface area contributed by atoms with Crippen LogP contribution in [0.1, 0.15) is 30.4 Å². The van der Waals surface area contributed by atoms with Crippen molar-refractivity contribution in [2.24, 2.45) is 0 Å². The van der Waals surface area contributed by atoms with Gasteiger partial charge in [-0.25, -0.2) is 4.79 Å². The van der Waals surface area contributed by atoms with Gasteiger partial charge in [-0.2, -0.15) is 0 Å². The third-order valence-corrected chi connectivity index (χ3v) is 3.42. The first-order chi connectivity index (χ1) is 11.2. The van der Waals surface area contributed by atoms with Crippen LogP contribution in [-0.2, 0) is 22.6 Å². The van der Waals surface area contributed by atoms with Crippen LogP contribution < -0.4 is 5.32 Å². The number of carbonyl (C=O) groups is 2. The average molecular weight is 311 g/mol. The molecule has 2 amide bonds. The van der Waals surface area contributed by atoms with Crippen LogP contribution in [0.15, 0.2) is 60.7 Å². The van der Waals surface area contributed by atoms with E-state index in [0.29, 0.717) is 6.42 Å². The van der Waals surface area contributed by atoms with E-state index in [1.54, 1.807) is 0 Å². The van der Waals surface area contributed by atoms with Crippen LogP contribution in [0.2, 0.25) is 0 Å². The second-order valence-corrected chi connectivity index (χ2v) is 5.30. The van der Waals surface area contributed by atoms with Crippen LogP contribution in [0, 0.1) is 0 Å². The van der Waals surface area contributed by atoms with Crippen LogP contribution in [0.3, 0.4) is 0 Å². The van der Waals surface area contributed by atoms with E-state index in [1.165, 1.54) is 5.56 Å². The maximum absolute atomic E-state index is 11.7. The van der Waals surface area contributed by atoms with E-state index < -0.39 is 6.09 Å². The predicted octanol–water partition coefficient (Wildman–Crippen LogP) is 3.85. The number of aryl methyl sites for hydroxylation is 1. The Morgan fingerprint density at radius 3 is 2.09 bits per heavy atom. The minimum absolute atomic E-state index is 0.161. The molecule has 0 bridgehead atoms. The fourth-order valence-corrected chi connectivity index (χ4v) is 2.19. The van der Waals surface area contributed by atoms with Crippen molar-refractivity contribution in [1.29, 1.82) is 0 Å². The van der Waals surface area contributed by atoms with Crippen LogP contribution in [-0.4, -0.2) is 12.0 Å². The molecule has 0 atom stereocenters. The molecule has 2 aromatic rings. The maximum Gasteiger partial charge on any atom is 0.414 e. The first-order valence-corrected chi connectivity index (χ1v) is 7.78. The number of carbonyl (C=O) groups excluding carboxylic acids is 2. The van der Waals surface area contributed by atoms with Gasteiger partial charge in [0, 0.05) is 6.42 Å². The van der Waals surface area contributed by atoms with Gasteiger partial charge in [-0.05, 0) is 30.4 Å². The number of ether oxygens (including phenoxy) is 1. The van der Waals surface area contributed by atoms with Crippen molar-refractivity contribution in [3.8, 4) is 0 Å². The molecule has 0 aliphatic heterocycles. The zero-order valence-corrected chi connectivity index (χ0v) is 13.0. The Bertz CT molecular complexity index is 611. The zero-order valence-electron chi connectivity index (χ0n) is 13.0. The Labute approximate surface area is 136 Å². The molecule has 4 heteroatoms. The topological polar surface area (TPSA) is 55.4 Å². The number of imide groups is 1. The standard InChI is InChI=1S/C19H21NO3/c21-18(14-8-7-11-16-9-3-1-4-10-16)20-19(22)23-15-17-12-5-2-6-13-17/h1-6,9-10,12-13H,7-8,11,14-15H2,(H,20,21,22). The lowest BCUT2D eigenvalue weighted by Crippen LogP contribution is -2.30. The van der Waals surface area contributed by atoms with E-state index in [0.717, 1.165) is 24.8 Å². The Balaban J connectivity index is 1.58. The van der Waals surface area contributed by atoms with Crippen LogP contribution in [0.25, 0.3) is 0 Å². The summed E-state index contributed by atoms with van der Waals surface area (Å²) >= 11 is 0. The van der Waals surface area contributed by atoms with Crippen molar-refractivity contribution in [2.45, 2.75) is 32.3 Å². The summed E-state index contributed by atoms with van der Waals surface area (Å²) in [5, 5.41) is 2.25. The summed E-state index contributed by atoms with van der Waals surface area (Å²) < 4.78 is 5.00. The highest BCUT2D eigenvalue weighted by Crippen LogP contribution is 2.06. The molecule has 0 aliphatic rings. The number of nitrogens with one attached hydrogen (secondary N) is 1. The molecular formula is C19H21NO3. The van der Waals surface area contributed by atoms with Gasteiger partial charge in [0.1, 0.15) is 6.61 Å². The largest absolute Gasteiger partial charge is 0.444 e. The molecule has 23 heavy (non-hydrogen) atoms. The Morgan fingerprint density at radius 2 is 1.43 bits per heavy atom. The molecule has 0 saturated heterocycles. The first-order valence-electron chi connectivity index (χ1n) is 7.78. The van der Waals surface area contributed by atoms with Gasteiger partial charge in [0.05, 0.1) is 0 Å². The minimum atomic E-state index is -0.693. The molecule has 0 radical (unpaired) electrons. The lowest BCUT2D eigenvalue weighted by atomic mass is 10.1. The molecule has 4 nitrogen and oxygen atoms in total. The summed E-state index contributed by atoms with van der Waals surface area (Å²) in [5.74, 6) is -0.295. The summed E-state index contributed by atoms with van der Waals surface area (Å²) in [4.78, 5) is 23.2. The van der Waals surface area contributed by atoms with Crippen molar-refractivity contribution >= 4 is 12.0 Å². The van der Waals surface area contributed by atoms with Gasteiger partial charge in [0.15, 0.2) is 0 Å². The van der Waals surface area contributed by atoms with E-state index in [1.807, 2.05) is 48.5 Å². The highest BCUT2D eigenvalue weighted by Gasteiger charge is 2.08. The third kappa shape index (κ3) is 6.78. The van der Waals surface area contributed by atoms with E-state index in [2.05, 4.69) is 17.4 Å². The molecule has 120 valence electrons. The monoisotopic (exact) mass is 311 g/mol. The summed E-state index contributed by atoms with van der Waals surface area (Å²) in [6, 6.07) is 19.5. The minimum Gasteiger partial charge on any atom is -0.444 e. The molecule has 0 aromatic heterocycles. The molecule has 2 rings (SSSR count). The van der Waals surface area contributed by atoms with Gasteiger partial charge >= 0.3 is 6.09 Å². The molecular weight excluding hydrogens is 290 g/mol. The summed E-state index contributed by atoms with van der Waals surface area (Å²) in [6.07, 6.45) is 2.23. The number of hydrogen-bond donors (Lipinski definition) is 1. The number of hydrogen-bond acceptors (Lipinski definition) is 3. The lowest BCUT2D eigenvalue weighted by Gasteiger charge is -2.06. The number of rotatable bonds is 7. The van der Waals surface area contributed by atoms with Gasteiger partial charge in [0.2, 0.25) is 5.91 Å². The van der Waals surface area contributed by atoms with Gasteiger partial charge in [0.25, 0.3) is 0 Å². The molecule has 0 fully saturated rings. The molecule has 0 spiro atoms. The Kier molecular flexibility index (Phi) is 6.85. The number of benzene rings is 2. The van der Waals surface area contributed by atoms with Crippen molar-refractivity contribution in [3.63, 3.8) is 0 Å². The van der Waals surface area contributed by atoms with Gasteiger partial charge in [-0.3, -0.25) is 10.1 Å². The van der Waals surface area contributed by atoms with Gasteiger partial charge in [-0.15, -0.1) is 0 Å². The molecule has 1 N–H and O–H groups in total. The molecule has 0 aliphatic carbocycles. The van der Waals surface area contributed by atoms with E-state index in [-0.39, 0.29) is 12.5 Å². The van der Waals surface area contributed by atoms with Crippen LogP contribution in [0.4, 0.5) is 4.79 Å². The SMILES string of the molecule is O=C(CCCCc1ccccc1)NC(=O)OCc1ccccc1. The van der Waals surface area contributed by atoms with Crippen molar-refractivity contribution in [3.05, 3.63) is 71.8 Å². The van der Waals surface area contributed by atoms with E-state index >= 15 is 0 Å². The Morgan fingerprint density at radius 1 is 0.826 bits per heavy atom. The second-order valence-electron chi connectivity index (χ2n) is 5.30. The van der Waals surface area contributed by atoms with Crippen molar-refractivity contribution in [2.75, 3.05) is 0 Å². The number of alkyl carbamates (subject to hydrolysis) is 1. The smallest absolute Gasteiger partial charge is 0.414 e. The Hall–Kier alpha value is -2.62. The van der Waals surface area contributed by atoms with Crippen LogP contribution in [0.5, 0.6) is 0 Å². The molecule has 0 saturated carbocycles. The highest BCUT2D eigenvalue weighted by molar-refractivity contribution is 5.91. The van der Waals surface area contributed by atoms with Gasteiger partial charge < -0.3 is 4.74 Å². The summed E-state index contributed by atoms with van der Waals surface area (Å²) in [5.41, 5.74) is 2.15. The van der Waals surface area contributed by atoms with E-state index in [4.69, 9.17) is 4.74 Å². The fraction of sp³-hybridized carbons (Fsp3) is 0.263. The summed E-state index contributed by atoms with van der Waals surface area (Å²) in [6.45, 7) is 0.161. The van der Waals surface area contributed by atoms with Crippen LogP contribution >= 0.6 is 0 Å². The lowest BCUT2D eigenvalue weighted by molar-refractivity contribution is -0.120. The van der Waals surface area contributed by atoms with E-state index in [9.17, 15) is 9.59 Å². The number of unbranched alkanes of at least 4 members (excludes halogenated alkanes) is 1. The van der Waals surface area contributed by atoms with Gasteiger partial charge in [-0.1, -0.05) is 60.7 Å². The highest BCUT2D eigenvalue weighted by atomic mass is 16.5. The molecule has 0 heterocycles. The average Bonchev–Trinajstić information content (AvgIpc) is 2.59. The first kappa shape index (κ1) is 16.7. The quantitative estimate of drug-likeness (QED) is 0.790. The third-order valence-electron chi connectivity index (χ3n) is 3.42. The molecule has 0 unspecified atom stereocenters.